The van der Waals surface area contributed by atoms with Gasteiger partial charge in [-0.1, -0.05) is 0 Å². The van der Waals surface area contributed by atoms with Crippen LogP contribution in [0.3, 0.4) is 0 Å². The first-order chi connectivity index (χ1) is 5.77. The monoisotopic (exact) mass is 168 g/mol. The molecule has 0 bridgehead atoms. The number of nitrogens with zero attached hydrogens (tertiary/aromatic N) is 2. The van der Waals surface area contributed by atoms with Crippen LogP contribution in [0.2, 0.25) is 0 Å². The highest BCUT2D eigenvalue weighted by Crippen LogP contribution is 1.98. The van der Waals surface area contributed by atoms with Crippen LogP contribution in [0, 0.1) is 0 Å². The second kappa shape index (κ2) is 3.90. The van der Waals surface area contributed by atoms with E-state index in [9.17, 15) is 4.79 Å². The normalized spacial score (nSPS) is 9.83. The Bertz CT molecular complexity index is 268. The number of hydrogen-bond donors (Lipinski definition) is 0. The highest BCUT2D eigenvalue weighted by atomic mass is 16.5. The van der Waals surface area contributed by atoms with E-state index in [-0.39, 0.29) is 12.4 Å². The molecule has 0 amide bonds. The fourth-order valence-corrected chi connectivity index (χ4v) is 0.996. The van der Waals surface area contributed by atoms with Gasteiger partial charge < -0.3 is 9.30 Å². The van der Waals surface area contributed by atoms with Crippen LogP contribution in [0.1, 0.15) is 12.7 Å². The van der Waals surface area contributed by atoms with E-state index in [4.69, 9.17) is 0 Å². The molecule has 0 N–H and O–H groups in total. The zero-order valence-electron chi connectivity index (χ0n) is 7.28. The molecule has 1 aromatic rings. The summed E-state index contributed by atoms with van der Waals surface area (Å²) >= 11 is 0. The Morgan fingerprint density at radius 1 is 1.75 bits per heavy atom. The molecule has 0 spiro atoms. The van der Waals surface area contributed by atoms with Gasteiger partial charge in [0.2, 0.25) is 0 Å². The van der Waals surface area contributed by atoms with Crippen LogP contribution in [0.4, 0.5) is 0 Å². The lowest BCUT2D eigenvalue weighted by Gasteiger charge is -2.02. The lowest BCUT2D eigenvalue weighted by atomic mass is 10.4. The summed E-state index contributed by atoms with van der Waals surface area (Å²) in [6.45, 7) is 2.83. The van der Waals surface area contributed by atoms with Gasteiger partial charge in [0.05, 0.1) is 7.11 Å². The standard InChI is InChI=1S/C8H12N2O2/c1-3-10-5-4-9-7(10)6-8(11)12-2/h4-5H,3,6H2,1-2H3. The van der Waals surface area contributed by atoms with Gasteiger partial charge in [-0.25, -0.2) is 4.98 Å². The first-order valence-corrected chi connectivity index (χ1v) is 3.84. The van der Waals surface area contributed by atoms with Crippen molar-refractivity contribution >= 4 is 5.97 Å². The molecular formula is C8H12N2O2. The third-order valence-corrected chi connectivity index (χ3v) is 1.67. The molecule has 0 aliphatic rings. The van der Waals surface area contributed by atoms with E-state index >= 15 is 0 Å². The molecule has 1 aromatic heterocycles. The fourth-order valence-electron chi connectivity index (χ4n) is 0.996. The maximum atomic E-state index is 10.9. The van der Waals surface area contributed by atoms with Crippen LogP contribution in [0.15, 0.2) is 12.4 Å². The molecule has 0 saturated heterocycles. The Morgan fingerprint density at radius 3 is 3.08 bits per heavy atom. The number of aryl methyl sites for hydroxylation is 1. The minimum atomic E-state index is -0.254. The molecular weight excluding hydrogens is 156 g/mol. The highest BCUT2D eigenvalue weighted by Gasteiger charge is 2.07. The van der Waals surface area contributed by atoms with Crippen LogP contribution in [0.5, 0.6) is 0 Å². The number of hydrogen-bond acceptors (Lipinski definition) is 3. The van der Waals surface area contributed by atoms with Gasteiger partial charge in [-0.3, -0.25) is 4.79 Å². The van der Waals surface area contributed by atoms with Gasteiger partial charge >= 0.3 is 5.97 Å². The quantitative estimate of drug-likeness (QED) is 0.621. The van der Waals surface area contributed by atoms with Gasteiger partial charge in [-0.05, 0) is 6.92 Å². The number of ether oxygens (including phenoxy) is 1. The van der Waals surface area contributed by atoms with Gasteiger partial charge in [-0.15, -0.1) is 0 Å². The number of methoxy groups -OCH3 is 1. The average Bonchev–Trinajstić information content (AvgIpc) is 2.51. The van der Waals surface area contributed by atoms with E-state index < -0.39 is 0 Å². The Labute approximate surface area is 71.2 Å². The Kier molecular flexibility index (Phi) is 2.85. The third-order valence-electron chi connectivity index (χ3n) is 1.67. The van der Waals surface area contributed by atoms with Crippen molar-refractivity contribution in [3.05, 3.63) is 18.2 Å². The summed E-state index contributed by atoms with van der Waals surface area (Å²) in [6.07, 6.45) is 3.78. The average molecular weight is 168 g/mol. The number of rotatable bonds is 3. The predicted octanol–water partition coefficient (Wildman–Crippen LogP) is 0.618. The number of carbonyl (C=O) groups excluding carboxylic acids is 1. The first-order valence-electron chi connectivity index (χ1n) is 3.84. The molecule has 4 nitrogen and oxygen atoms in total. The third kappa shape index (κ3) is 1.84. The van der Waals surface area contributed by atoms with E-state index in [1.165, 1.54) is 7.11 Å². The highest BCUT2D eigenvalue weighted by molar-refractivity contribution is 5.71. The summed E-state index contributed by atoms with van der Waals surface area (Å²) < 4.78 is 6.44. The molecule has 0 unspecified atom stereocenters. The summed E-state index contributed by atoms with van der Waals surface area (Å²) in [6, 6.07) is 0. The van der Waals surface area contributed by atoms with Gasteiger partial charge in [0.25, 0.3) is 0 Å². The minimum Gasteiger partial charge on any atom is -0.469 e. The SMILES string of the molecule is CCn1ccnc1CC(=O)OC. The lowest BCUT2D eigenvalue weighted by molar-refractivity contribution is -0.139. The minimum absolute atomic E-state index is 0.247. The molecule has 0 saturated carbocycles. The van der Waals surface area contributed by atoms with E-state index in [2.05, 4.69) is 9.72 Å². The van der Waals surface area contributed by atoms with Crippen molar-refractivity contribution in [3.63, 3.8) is 0 Å². The van der Waals surface area contributed by atoms with Crippen LogP contribution >= 0.6 is 0 Å². The zero-order valence-corrected chi connectivity index (χ0v) is 7.28. The molecule has 0 atom stereocenters. The second-order valence-electron chi connectivity index (χ2n) is 2.38. The van der Waals surface area contributed by atoms with Crippen molar-refractivity contribution in [1.29, 1.82) is 0 Å². The number of esters is 1. The molecule has 0 aliphatic heterocycles. The Balaban J connectivity index is 2.68. The molecule has 12 heavy (non-hydrogen) atoms. The Morgan fingerprint density at radius 2 is 2.50 bits per heavy atom. The van der Waals surface area contributed by atoms with Crippen molar-refractivity contribution in [1.82, 2.24) is 9.55 Å². The summed E-state index contributed by atoms with van der Waals surface area (Å²) in [7, 11) is 1.38. The molecule has 0 fully saturated rings. The van der Waals surface area contributed by atoms with Gasteiger partial charge in [0.1, 0.15) is 12.2 Å². The molecule has 1 rings (SSSR count). The largest absolute Gasteiger partial charge is 0.469 e. The van der Waals surface area contributed by atoms with E-state index in [0.717, 1.165) is 12.4 Å². The lowest BCUT2D eigenvalue weighted by Crippen LogP contribution is -2.10. The van der Waals surface area contributed by atoms with Gasteiger partial charge in [0, 0.05) is 18.9 Å². The maximum Gasteiger partial charge on any atom is 0.313 e. The van der Waals surface area contributed by atoms with Crippen LogP contribution in [0.25, 0.3) is 0 Å². The molecule has 0 aromatic carbocycles. The summed E-state index contributed by atoms with van der Waals surface area (Å²) in [5.41, 5.74) is 0. The smallest absolute Gasteiger partial charge is 0.313 e. The number of carbonyl (C=O) groups is 1. The maximum absolute atomic E-state index is 10.9. The second-order valence-corrected chi connectivity index (χ2v) is 2.38. The van der Waals surface area contributed by atoms with Crippen LogP contribution in [-0.2, 0) is 22.5 Å². The van der Waals surface area contributed by atoms with Crippen LogP contribution < -0.4 is 0 Å². The molecule has 0 aliphatic carbocycles. The molecule has 1 heterocycles. The first kappa shape index (κ1) is 8.77. The van der Waals surface area contributed by atoms with Crippen molar-refractivity contribution in [2.45, 2.75) is 19.9 Å². The molecule has 0 radical (unpaired) electrons. The summed E-state index contributed by atoms with van der Waals surface area (Å²) in [5.74, 6) is 0.500. The van der Waals surface area contributed by atoms with Crippen LogP contribution in [-0.4, -0.2) is 22.6 Å². The topological polar surface area (TPSA) is 44.1 Å². The number of imidazole rings is 1. The summed E-state index contributed by atoms with van der Waals surface area (Å²) in [4.78, 5) is 14.9. The predicted molar refractivity (Wildman–Crippen MR) is 43.6 cm³/mol. The van der Waals surface area contributed by atoms with Gasteiger partial charge in [-0.2, -0.15) is 0 Å². The van der Waals surface area contributed by atoms with Crippen molar-refractivity contribution in [2.24, 2.45) is 0 Å². The molecule has 4 heteroatoms. The molecule has 66 valence electrons. The fraction of sp³-hybridized carbons (Fsp3) is 0.500. The zero-order chi connectivity index (χ0) is 8.97. The van der Waals surface area contributed by atoms with Crippen molar-refractivity contribution in [2.75, 3.05) is 7.11 Å². The van der Waals surface area contributed by atoms with E-state index in [1.807, 2.05) is 17.7 Å². The van der Waals surface area contributed by atoms with E-state index in [0.29, 0.717) is 0 Å². The Hall–Kier alpha value is -1.32. The van der Waals surface area contributed by atoms with E-state index in [1.54, 1.807) is 6.20 Å². The van der Waals surface area contributed by atoms with Crippen molar-refractivity contribution in [3.8, 4) is 0 Å². The summed E-state index contributed by atoms with van der Waals surface area (Å²) in [5, 5.41) is 0. The van der Waals surface area contributed by atoms with Crippen molar-refractivity contribution < 1.29 is 9.53 Å². The van der Waals surface area contributed by atoms with Gasteiger partial charge in [0.15, 0.2) is 0 Å². The number of aromatic nitrogens is 2.